The largest absolute Gasteiger partial charge is 0.341 e. The minimum absolute atomic E-state index is 0.104. The minimum Gasteiger partial charge on any atom is -0.341 e. The third-order valence-corrected chi connectivity index (χ3v) is 6.66. The Labute approximate surface area is 167 Å². The lowest BCUT2D eigenvalue weighted by molar-refractivity contribution is -0.134. The number of aromatic nitrogens is 2. The fourth-order valence-electron chi connectivity index (χ4n) is 5.32. The Morgan fingerprint density at radius 2 is 1.89 bits per heavy atom. The second-order valence-corrected chi connectivity index (χ2v) is 9.36. The van der Waals surface area contributed by atoms with Crippen LogP contribution >= 0.6 is 0 Å². The first-order chi connectivity index (χ1) is 13.5. The zero-order valence-corrected chi connectivity index (χ0v) is 17.4. The summed E-state index contributed by atoms with van der Waals surface area (Å²) in [5, 5.41) is 0. The van der Waals surface area contributed by atoms with E-state index < -0.39 is 0 Å². The summed E-state index contributed by atoms with van der Waals surface area (Å²) >= 11 is 0. The first kappa shape index (κ1) is 19.6. The van der Waals surface area contributed by atoms with E-state index >= 15 is 0 Å². The Hall–Kier alpha value is -1.69. The lowest BCUT2D eigenvalue weighted by atomic mass is 9.92. The summed E-state index contributed by atoms with van der Waals surface area (Å²) in [6.07, 6.45) is 6.47. The Kier molecular flexibility index (Phi) is 5.85. The van der Waals surface area contributed by atoms with E-state index in [1.54, 1.807) is 6.07 Å². The molecule has 28 heavy (non-hydrogen) atoms. The summed E-state index contributed by atoms with van der Waals surface area (Å²) < 4.78 is 1.87. The maximum atomic E-state index is 12.8. The lowest BCUT2D eigenvalue weighted by Gasteiger charge is -2.35. The molecule has 0 radical (unpaired) electrons. The molecule has 0 saturated carbocycles. The molecule has 3 aliphatic heterocycles. The van der Waals surface area contributed by atoms with Crippen LogP contribution in [0.1, 0.15) is 63.4 Å². The maximum Gasteiger partial charge on any atom is 0.253 e. The van der Waals surface area contributed by atoms with Crippen LogP contribution in [0.15, 0.2) is 10.9 Å². The third-order valence-electron chi connectivity index (χ3n) is 6.66. The fourth-order valence-corrected chi connectivity index (χ4v) is 5.32. The van der Waals surface area contributed by atoms with E-state index in [4.69, 9.17) is 4.98 Å². The Balaban J connectivity index is 1.39. The van der Waals surface area contributed by atoms with Crippen LogP contribution in [0.3, 0.4) is 0 Å². The second kappa shape index (κ2) is 8.36. The van der Waals surface area contributed by atoms with Crippen molar-refractivity contribution in [2.75, 3.05) is 32.7 Å². The molecule has 4 heterocycles. The van der Waals surface area contributed by atoms with Gasteiger partial charge in [-0.1, -0.05) is 20.3 Å². The summed E-state index contributed by atoms with van der Waals surface area (Å²) in [6, 6.07) is 1.75. The van der Waals surface area contributed by atoms with E-state index in [2.05, 4.69) is 23.6 Å². The van der Waals surface area contributed by atoms with E-state index in [1.165, 1.54) is 12.8 Å². The summed E-state index contributed by atoms with van der Waals surface area (Å²) in [5.41, 5.74) is 1.04. The predicted octanol–water partition coefficient (Wildman–Crippen LogP) is 2.26. The zero-order valence-electron chi connectivity index (χ0n) is 17.4. The first-order valence-electron chi connectivity index (χ1n) is 11.1. The molecule has 4 rings (SSSR count). The summed E-state index contributed by atoms with van der Waals surface area (Å²) in [5.74, 6) is 2.68. The van der Waals surface area contributed by atoms with Crippen molar-refractivity contribution in [2.45, 2.75) is 64.8 Å². The van der Waals surface area contributed by atoms with Crippen molar-refractivity contribution in [2.24, 2.45) is 11.8 Å². The van der Waals surface area contributed by atoms with Crippen molar-refractivity contribution >= 4 is 5.91 Å². The van der Waals surface area contributed by atoms with Crippen molar-refractivity contribution in [1.82, 2.24) is 19.4 Å². The monoisotopic (exact) mass is 386 g/mol. The average Bonchev–Trinajstić information content (AvgIpc) is 2.97. The maximum absolute atomic E-state index is 12.8. The number of hydrogen-bond donors (Lipinski definition) is 0. The lowest BCUT2D eigenvalue weighted by Crippen LogP contribution is -2.46. The molecule has 6 heteroatoms. The molecule has 0 N–H and O–H groups in total. The number of likely N-dealkylation sites (tertiary alicyclic amines) is 2. The molecule has 1 aromatic heterocycles. The quantitative estimate of drug-likeness (QED) is 0.800. The highest BCUT2D eigenvalue weighted by Crippen LogP contribution is 2.27. The topological polar surface area (TPSA) is 58.4 Å². The van der Waals surface area contributed by atoms with E-state index in [1.807, 2.05) is 4.57 Å². The van der Waals surface area contributed by atoms with Gasteiger partial charge in [-0.15, -0.1) is 0 Å². The fraction of sp³-hybridized carbons (Fsp3) is 0.773. The molecular formula is C22H34N4O2. The summed E-state index contributed by atoms with van der Waals surface area (Å²) in [6.45, 7) is 9.32. The highest BCUT2D eigenvalue weighted by Gasteiger charge is 2.31. The zero-order chi connectivity index (χ0) is 19.7. The van der Waals surface area contributed by atoms with Gasteiger partial charge in [-0.05, 0) is 44.1 Å². The van der Waals surface area contributed by atoms with Gasteiger partial charge in [-0.25, -0.2) is 4.98 Å². The van der Waals surface area contributed by atoms with Crippen LogP contribution in [0, 0.1) is 11.8 Å². The molecule has 1 aromatic rings. The number of carbonyl (C=O) groups excluding carboxylic acids is 1. The van der Waals surface area contributed by atoms with Gasteiger partial charge in [0.05, 0.1) is 12.2 Å². The number of rotatable bonds is 3. The number of piperidine rings is 1. The molecular weight excluding hydrogens is 352 g/mol. The molecule has 0 aliphatic carbocycles. The van der Waals surface area contributed by atoms with Crippen molar-refractivity contribution < 1.29 is 4.79 Å². The molecule has 154 valence electrons. The SMILES string of the molecule is CC1CC(C)CN(C(=O)CN2CCC(c3cc(=O)n4c(n3)CCCCC4)C2)C1. The highest BCUT2D eigenvalue weighted by molar-refractivity contribution is 5.78. The van der Waals surface area contributed by atoms with Crippen LogP contribution in [0.4, 0.5) is 0 Å². The van der Waals surface area contributed by atoms with Crippen LogP contribution in [0.5, 0.6) is 0 Å². The van der Waals surface area contributed by atoms with E-state index in [0.29, 0.717) is 18.4 Å². The number of nitrogens with zero attached hydrogens (tertiary/aromatic N) is 4. The smallest absolute Gasteiger partial charge is 0.253 e. The van der Waals surface area contributed by atoms with Crippen LogP contribution in [-0.4, -0.2) is 58.0 Å². The van der Waals surface area contributed by atoms with Crippen molar-refractivity contribution in [1.29, 1.82) is 0 Å². The van der Waals surface area contributed by atoms with Crippen LogP contribution in [-0.2, 0) is 17.8 Å². The molecule has 3 atom stereocenters. The van der Waals surface area contributed by atoms with Crippen LogP contribution < -0.4 is 5.56 Å². The average molecular weight is 387 g/mol. The normalized spacial score (nSPS) is 28.8. The number of amides is 1. The highest BCUT2D eigenvalue weighted by atomic mass is 16.2. The number of aryl methyl sites for hydroxylation is 1. The molecule has 3 unspecified atom stereocenters. The molecule has 3 aliphatic rings. The van der Waals surface area contributed by atoms with Gasteiger partial charge in [0.15, 0.2) is 0 Å². The Morgan fingerprint density at radius 1 is 1.11 bits per heavy atom. The van der Waals surface area contributed by atoms with Gasteiger partial charge >= 0.3 is 0 Å². The standard InChI is InChI=1S/C22H34N4O2/c1-16-10-17(2)13-25(12-16)22(28)15-24-9-7-18(14-24)19-11-21(27)26-8-5-3-4-6-20(26)23-19/h11,16-18H,3-10,12-15H2,1-2H3. The van der Waals surface area contributed by atoms with Crippen LogP contribution in [0.2, 0.25) is 0 Å². The van der Waals surface area contributed by atoms with Crippen molar-refractivity contribution in [3.63, 3.8) is 0 Å². The number of hydrogen-bond acceptors (Lipinski definition) is 4. The second-order valence-electron chi connectivity index (χ2n) is 9.36. The van der Waals surface area contributed by atoms with Gasteiger partial charge in [-0.2, -0.15) is 0 Å². The number of carbonyl (C=O) groups is 1. The van der Waals surface area contributed by atoms with Gasteiger partial charge < -0.3 is 4.90 Å². The van der Waals surface area contributed by atoms with Gasteiger partial charge in [0, 0.05) is 44.6 Å². The molecule has 1 amide bonds. The minimum atomic E-state index is 0.104. The van der Waals surface area contributed by atoms with Crippen molar-refractivity contribution in [3.05, 3.63) is 27.9 Å². The Bertz CT molecular complexity index is 764. The van der Waals surface area contributed by atoms with Crippen molar-refractivity contribution in [3.8, 4) is 0 Å². The van der Waals surface area contributed by atoms with E-state index in [9.17, 15) is 9.59 Å². The number of fused-ring (bicyclic) bond motifs is 1. The van der Waals surface area contributed by atoms with Gasteiger partial charge in [0.1, 0.15) is 5.82 Å². The molecule has 0 bridgehead atoms. The molecule has 0 aromatic carbocycles. The van der Waals surface area contributed by atoms with E-state index in [-0.39, 0.29) is 17.4 Å². The molecule has 0 spiro atoms. The molecule has 6 nitrogen and oxygen atoms in total. The summed E-state index contributed by atoms with van der Waals surface area (Å²) in [4.78, 5) is 34.5. The van der Waals surface area contributed by atoms with Crippen LogP contribution in [0.25, 0.3) is 0 Å². The van der Waals surface area contributed by atoms with Gasteiger partial charge in [-0.3, -0.25) is 19.1 Å². The first-order valence-corrected chi connectivity index (χ1v) is 11.1. The third kappa shape index (κ3) is 4.32. The molecule has 2 fully saturated rings. The van der Waals surface area contributed by atoms with E-state index in [0.717, 1.165) is 69.9 Å². The predicted molar refractivity (Wildman–Crippen MR) is 109 cm³/mol. The summed E-state index contributed by atoms with van der Waals surface area (Å²) in [7, 11) is 0. The Morgan fingerprint density at radius 3 is 2.68 bits per heavy atom. The van der Waals surface area contributed by atoms with Gasteiger partial charge in [0.25, 0.3) is 5.56 Å². The van der Waals surface area contributed by atoms with Gasteiger partial charge in [0.2, 0.25) is 5.91 Å². The molecule has 2 saturated heterocycles.